The van der Waals surface area contributed by atoms with E-state index in [0.717, 1.165) is 24.8 Å². The summed E-state index contributed by atoms with van der Waals surface area (Å²) in [6.45, 7) is 3.00. The molecule has 2 rings (SSSR count). The quantitative estimate of drug-likeness (QED) is 0.234. The third-order valence-corrected chi connectivity index (χ3v) is 4.93. The fourth-order valence-corrected chi connectivity index (χ4v) is 3.35. The van der Waals surface area contributed by atoms with Gasteiger partial charge in [0.25, 0.3) is 0 Å². The van der Waals surface area contributed by atoms with Crippen molar-refractivity contribution in [3.8, 4) is 0 Å². The molecule has 29 heavy (non-hydrogen) atoms. The van der Waals surface area contributed by atoms with Crippen LogP contribution in [0.3, 0.4) is 0 Å². The minimum atomic E-state index is -1.04. The van der Waals surface area contributed by atoms with E-state index in [1.165, 1.54) is 11.1 Å². The van der Waals surface area contributed by atoms with E-state index >= 15 is 0 Å². The number of carboxylic acids is 1. The number of benzene rings is 1. The van der Waals surface area contributed by atoms with Gasteiger partial charge in [-0.15, -0.1) is 12.4 Å². The molecular weight excluding hydrogens is 392 g/mol. The average molecular weight is 421 g/mol. The Morgan fingerprint density at radius 3 is 2.79 bits per heavy atom. The first kappa shape index (κ1) is 24.7. The minimum absolute atomic E-state index is 0. The number of allylic oxidation sites excluding steroid dienone is 2. The van der Waals surface area contributed by atoms with Crippen molar-refractivity contribution in [2.75, 3.05) is 13.2 Å². The third-order valence-electron chi connectivity index (χ3n) is 4.93. The van der Waals surface area contributed by atoms with E-state index in [9.17, 15) is 9.90 Å². The summed E-state index contributed by atoms with van der Waals surface area (Å²) in [7, 11) is 0. The van der Waals surface area contributed by atoms with Gasteiger partial charge in [0.2, 0.25) is 0 Å². The Labute approximate surface area is 177 Å². The maximum absolute atomic E-state index is 11.3. The second kappa shape index (κ2) is 12.3. The van der Waals surface area contributed by atoms with Gasteiger partial charge in [-0.2, -0.15) is 0 Å². The number of hydrogen-bond donors (Lipinski definition) is 2. The highest BCUT2D eigenvalue weighted by Crippen LogP contribution is 2.34. The molecule has 0 saturated heterocycles. The molecule has 158 valence electrons. The minimum Gasteiger partial charge on any atom is -0.480 e. The fraction of sp³-hybridized carbons (Fsp3) is 0.476. The molecule has 0 bridgehead atoms. The molecule has 1 aromatic carbocycles. The van der Waals surface area contributed by atoms with Gasteiger partial charge in [-0.05, 0) is 47.9 Å². The zero-order valence-electron chi connectivity index (χ0n) is 16.7. The molecule has 0 fully saturated rings. The molecule has 0 radical (unpaired) electrons. The molecule has 8 heteroatoms. The van der Waals surface area contributed by atoms with Gasteiger partial charge >= 0.3 is 5.97 Å². The maximum Gasteiger partial charge on any atom is 0.320 e. The first-order chi connectivity index (χ1) is 13.5. The zero-order valence-corrected chi connectivity index (χ0v) is 17.5. The average Bonchev–Trinajstić information content (AvgIpc) is 2.71. The summed E-state index contributed by atoms with van der Waals surface area (Å²) >= 11 is 0. The lowest BCUT2D eigenvalue weighted by atomic mass is 9.83. The van der Waals surface area contributed by atoms with Gasteiger partial charge in [-0.3, -0.25) is 4.79 Å². The lowest BCUT2D eigenvalue weighted by molar-refractivity contribution is -0.140. The van der Waals surface area contributed by atoms with Crippen LogP contribution in [0.5, 0.6) is 0 Å². The highest BCUT2D eigenvalue weighted by atomic mass is 35.5. The first-order valence-corrected chi connectivity index (χ1v) is 9.62. The normalized spacial score (nSPS) is 18.9. The first-order valence-electron chi connectivity index (χ1n) is 9.62. The number of halogens is 1. The number of aryl methyl sites for hydroxylation is 1. The van der Waals surface area contributed by atoms with Crippen molar-refractivity contribution >= 4 is 23.9 Å². The number of rotatable bonds is 11. The lowest BCUT2D eigenvalue weighted by Crippen LogP contribution is -2.42. The maximum atomic E-state index is 11.3. The molecule has 0 saturated carbocycles. The van der Waals surface area contributed by atoms with Gasteiger partial charge in [0.05, 0.1) is 5.60 Å². The van der Waals surface area contributed by atoms with E-state index in [0.29, 0.717) is 19.6 Å². The number of nitrogens with two attached hydrogens (primary N) is 1. The van der Waals surface area contributed by atoms with E-state index in [4.69, 9.17) is 16.0 Å². The number of aliphatic carboxylic acids is 1. The second-order valence-corrected chi connectivity index (χ2v) is 6.93. The van der Waals surface area contributed by atoms with Gasteiger partial charge in [-0.1, -0.05) is 54.5 Å². The molecule has 0 aliphatic heterocycles. The summed E-state index contributed by atoms with van der Waals surface area (Å²) in [5.74, 6) is -1.04. The molecule has 1 aromatic rings. The monoisotopic (exact) mass is 420 g/mol. The van der Waals surface area contributed by atoms with Crippen LogP contribution in [0.1, 0.15) is 43.7 Å². The van der Waals surface area contributed by atoms with Crippen molar-refractivity contribution < 1.29 is 14.6 Å². The number of carbonyl (C=O) groups is 1. The summed E-state index contributed by atoms with van der Waals surface area (Å²) in [6.07, 6.45) is 9.22. The van der Waals surface area contributed by atoms with Crippen LogP contribution in [0.25, 0.3) is 16.0 Å². The smallest absolute Gasteiger partial charge is 0.320 e. The molecule has 0 spiro atoms. The molecule has 7 nitrogen and oxygen atoms in total. The number of ether oxygens (including phenoxy) is 1. The van der Waals surface area contributed by atoms with E-state index < -0.39 is 17.6 Å². The Morgan fingerprint density at radius 1 is 1.41 bits per heavy atom. The summed E-state index contributed by atoms with van der Waals surface area (Å²) in [6, 6.07) is 7.27. The van der Waals surface area contributed by atoms with Crippen molar-refractivity contribution in [3.05, 3.63) is 64.1 Å². The Kier molecular flexibility index (Phi) is 10.5. The fourth-order valence-electron chi connectivity index (χ4n) is 3.35. The van der Waals surface area contributed by atoms with Gasteiger partial charge in [0.1, 0.15) is 6.04 Å². The van der Waals surface area contributed by atoms with Gasteiger partial charge in [0.15, 0.2) is 0 Å². The molecule has 3 N–H and O–H groups in total. The van der Waals surface area contributed by atoms with Crippen LogP contribution >= 0.6 is 12.4 Å². The molecular formula is C21H29ClN4O3. The standard InChI is InChI=1S/C21H28N4O3.ClH/c1-2-16-7-3-4-8-18(16)17-9-11-21(12-10-17,15-19(22)20(26)27)28-14-6-5-13-24-25-23;/h3-4,7-11,19H,2,5-6,12-15,22H2,1H3,(H,26,27);1H. The highest BCUT2D eigenvalue weighted by molar-refractivity contribution is 5.85. The molecule has 1 aliphatic rings. The van der Waals surface area contributed by atoms with Crippen LogP contribution in [0.15, 0.2) is 47.6 Å². The van der Waals surface area contributed by atoms with Crippen molar-refractivity contribution in [2.45, 2.75) is 50.7 Å². The summed E-state index contributed by atoms with van der Waals surface area (Å²) in [5, 5.41) is 12.7. The number of unbranched alkanes of at least 4 members (excludes halogenated alkanes) is 1. The summed E-state index contributed by atoms with van der Waals surface area (Å²) < 4.78 is 6.10. The topological polar surface area (TPSA) is 121 Å². The van der Waals surface area contributed by atoms with Crippen LogP contribution in [0.4, 0.5) is 0 Å². The molecule has 0 aromatic heterocycles. The molecule has 0 heterocycles. The number of hydrogen-bond acceptors (Lipinski definition) is 4. The van der Waals surface area contributed by atoms with Gasteiger partial charge < -0.3 is 15.6 Å². The molecule has 1 aliphatic carbocycles. The summed E-state index contributed by atoms with van der Waals surface area (Å²) in [5.41, 5.74) is 17.0. The Bertz CT molecular complexity index is 790. The van der Waals surface area contributed by atoms with Gasteiger partial charge in [-0.25, -0.2) is 0 Å². The van der Waals surface area contributed by atoms with Crippen LogP contribution in [-0.4, -0.2) is 35.9 Å². The van der Waals surface area contributed by atoms with Crippen LogP contribution in [0, 0.1) is 0 Å². The predicted molar refractivity (Wildman–Crippen MR) is 117 cm³/mol. The van der Waals surface area contributed by atoms with E-state index in [2.05, 4.69) is 35.2 Å². The van der Waals surface area contributed by atoms with Crippen molar-refractivity contribution in [1.82, 2.24) is 0 Å². The van der Waals surface area contributed by atoms with Crippen LogP contribution in [0.2, 0.25) is 0 Å². The molecule has 2 unspecified atom stereocenters. The molecule has 0 amide bonds. The van der Waals surface area contributed by atoms with Gasteiger partial charge in [0, 0.05) is 24.5 Å². The van der Waals surface area contributed by atoms with Crippen LogP contribution < -0.4 is 5.73 Å². The number of carboxylic acid groups (broad SMARTS) is 1. The zero-order chi connectivity index (χ0) is 20.4. The van der Waals surface area contributed by atoms with E-state index in [-0.39, 0.29) is 18.8 Å². The largest absolute Gasteiger partial charge is 0.480 e. The SMILES string of the molecule is CCc1ccccc1C1=CCC(CC(N)C(=O)O)(OCCCCN=[N+]=[N-])C=C1.Cl. The number of azide groups is 1. The third kappa shape index (κ3) is 7.22. The van der Waals surface area contributed by atoms with E-state index in [1.807, 2.05) is 24.3 Å². The van der Waals surface area contributed by atoms with Crippen molar-refractivity contribution in [2.24, 2.45) is 10.8 Å². The lowest BCUT2D eigenvalue weighted by Gasteiger charge is -2.34. The second-order valence-electron chi connectivity index (χ2n) is 6.93. The van der Waals surface area contributed by atoms with Crippen LogP contribution in [-0.2, 0) is 16.0 Å². The molecule has 2 atom stereocenters. The van der Waals surface area contributed by atoms with Crippen molar-refractivity contribution in [1.29, 1.82) is 0 Å². The Hall–Kier alpha value is -2.31. The Balaban J connectivity index is 0.00000420. The summed E-state index contributed by atoms with van der Waals surface area (Å²) in [4.78, 5) is 14.0. The Morgan fingerprint density at radius 2 is 2.17 bits per heavy atom. The van der Waals surface area contributed by atoms with E-state index in [1.54, 1.807) is 0 Å². The predicted octanol–water partition coefficient (Wildman–Crippen LogP) is 4.66. The number of nitrogens with zero attached hydrogens (tertiary/aromatic N) is 3. The van der Waals surface area contributed by atoms with Crippen molar-refractivity contribution in [3.63, 3.8) is 0 Å². The highest BCUT2D eigenvalue weighted by Gasteiger charge is 2.34.